The Kier molecular flexibility index (Phi) is 4.21. The predicted molar refractivity (Wildman–Crippen MR) is 97.6 cm³/mol. The second-order valence-corrected chi connectivity index (χ2v) is 6.16. The fourth-order valence-corrected chi connectivity index (χ4v) is 3.21. The number of carbonyl (C=O) groups excluding carboxylic acids is 1. The maximum absolute atomic E-state index is 12.2. The maximum atomic E-state index is 12.2. The first-order valence-corrected chi connectivity index (χ1v) is 8.48. The topological polar surface area (TPSA) is 50.2 Å². The van der Waals surface area contributed by atoms with Crippen molar-refractivity contribution in [2.75, 3.05) is 18.0 Å². The fraction of sp³-hybridized carbons (Fsp3) is 0.200. The average Bonchev–Trinajstić information content (AvgIpc) is 3.01. The number of anilines is 1. The zero-order valence-corrected chi connectivity index (χ0v) is 13.9. The number of hydrogen-bond donors (Lipinski definition) is 1. The Bertz CT molecular complexity index is 872. The first-order chi connectivity index (χ1) is 12.3. The van der Waals surface area contributed by atoms with E-state index in [0.29, 0.717) is 6.54 Å². The predicted octanol–water partition coefficient (Wildman–Crippen LogP) is 2.68. The van der Waals surface area contributed by atoms with Gasteiger partial charge in [0.2, 0.25) is 0 Å². The van der Waals surface area contributed by atoms with Crippen molar-refractivity contribution in [2.24, 2.45) is 0 Å². The van der Waals surface area contributed by atoms with E-state index in [1.807, 2.05) is 59.4 Å². The van der Waals surface area contributed by atoms with Gasteiger partial charge in [-0.05, 0) is 23.8 Å². The van der Waals surface area contributed by atoms with Gasteiger partial charge in [-0.25, -0.2) is 0 Å². The third-order valence-electron chi connectivity index (χ3n) is 4.49. The van der Waals surface area contributed by atoms with E-state index in [1.165, 1.54) is 5.56 Å². The molecule has 2 aromatic carbocycles. The van der Waals surface area contributed by atoms with Gasteiger partial charge in [0.15, 0.2) is 0 Å². The molecule has 0 atom stereocenters. The molecular formula is C20H20N4O. The van der Waals surface area contributed by atoms with Crippen molar-refractivity contribution >= 4 is 11.6 Å². The summed E-state index contributed by atoms with van der Waals surface area (Å²) in [6.07, 6.45) is 1.84. The molecule has 1 aliphatic heterocycles. The lowest BCUT2D eigenvalue weighted by atomic mass is 10.1. The zero-order valence-electron chi connectivity index (χ0n) is 13.9. The van der Waals surface area contributed by atoms with Crippen LogP contribution in [0.2, 0.25) is 0 Å². The number of para-hydroxylation sites is 1. The zero-order chi connectivity index (χ0) is 17.1. The molecule has 0 spiro atoms. The van der Waals surface area contributed by atoms with Crippen molar-refractivity contribution in [3.8, 4) is 0 Å². The number of carbonyl (C=O) groups is 1. The summed E-state index contributed by atoms with van der Waals surface area (Å²) in [5.74, 6) is -0.00380. The molecular weight excluding hydrogens is 312 g/mol. The monoisotopic (exact) mass is 332 g/mol. The maximum Gasteiger partial charge on any atom is 0.253 e. The van der Waals surface area contributed by atoms with Gasteiger partial charge in [0.25, 0.3) is 5.91 Å². The molecule has 1 aromatic heterocycles. The summed E-state index contributed by atoms with van der Waals surface area (Å²) >= 11 is 0. The van der Waals surface area contributed by atoms with Crippen LogP contribution >= 0.6 is 0 Å². The van der Waals surface area contributed by atoms with Crippen LogP contribution in [0.5, 0.6) is 0 Å². The van der Waals surface area contributed by atoms with Gasteiger partial charge in [-0.3, -0.25) is 9.48 Å². The molecule has 0 bridgehead atoms. The normalized spacial score (nSPS) is 13.9. The summed E-state index contributed by atoms with van der Waals surface area (Å²) in [6, 6.07) is 20.1. The number of benzene rings is 2. The summed E-state index contributed by atoms with van der Waals surface area (Å²) in [5, 5.41) is 7.44. The number of nitrogens with zero attached hydrogens (tertiary/aromatic N) is 3. The van der Waals surface area contributed by atoms with Gasteiger partial charge in [-0.2, -0.15) is 5.10 Å². The summed E-state index contributed by atoms with van der Waals surface area (Å²) in [7, 11) is 0. The highest BCUT2D eigenvalue weighted by atomic mass is 16.1. The molecule has 4 rings (SSSR count). The van der Waals surface area contributed by atoms with Crippen molar-refractivity contribution in [3.05, 3.63) is 83.7 Å². The second kappa shape index (κ2) is 6.81. The van der Waals surface area contributed by atoms with E-state index in [0.717, 1.165) is 36.6 Å². The van der Waals surface area contributed by atoms with Gasteiger partial charge in [0.05, 0.1) is 24.3 Å². The van der Waals surface area contributed by atoms with Crippen LogP contribution in [-0.4, -0.2) is 28.8 Å². The average molecular weight is 332 g/mol. The van der Waals surface area contributed by atoms with Crippen molar-refractivity contribution in [3.63, 3.8) is 0 Å². The number of nitrogens with one attached hydrogen (secondary N) is 1. The third-order valence-corrected chi connectivity index (χ3v) is 4.49. The van der Waals surface area contributed by atoms with Gasteiger partial charge >= 0.3 is 0 Å². The van der Waals surface area contributed by atoms with E-state index in [4.69, 9.17) is 0 Å². The van der Waals surface area contributed by atoms with Crippen LogP contribution in [0.1, 0.15) is 21.6 Å². The molecule has 0 saturated carbocycles. The van der Waals surface area contributed by atoms with Crippen LogP contribution in [0, 0.1) is 0 Å². The van der Waals surface area contributed by atoms with Crippen molar-refractivity contribution in [2.45, 2.75) is 13.1 Å². The minimum atomic E-state index is -0.00380. The fourth-order valence-electron chi connectivity index (χ4n) is 3.21. The molecule has 0 aliphatic carbocycles. The second-order valence-electron chi connectivity index (χ2n) is 6.16. The van der Waals surface area contributed by atoms with E-state index >= 15 is 0 Å². The van der Waals surface area contributed by atoms with Gasteiger partial charge in [0, 0.05) is 25.0 Å². The quantitative estimate of drug-likeness (QED) is 0.799. The van der Waals surface area contributed by atoms with E-state index in [1.54, 1.807) is 0 Å². The highest BCUT2D eigenvalue weighted by Crippen LogP contribution is 2.24. The Morgan fingerprint density at radius 2 is 1.76 bits per heavy atom. The number of rotatable bonds is 4. The van der Waals surface area contributed by atoms with Crippen LogP contribution in [0.3, 0.4) is 0 Å². The molecule has 5 nitrogen and oxygen atoms in total. The molecule has 0 fully saturated rings. The highest BCUT2D eigenvalue weighted by Gasteiger charge is 2.21. The standard InChI is InChI=1S/C20H20N4O/c25-20-18-8-4-5-9-19(18)23(13-12-21-20)15-17-10-11-22-24(17)14-16-6-2-1-3-7-16/h1-11H,12-15H2,(H,21,25). The third kappa shape index (κ3) is 3.26. The van der Waals surface area contributed by atoms with E-state index in [2.05, 4.69) is 27.4 Å². The molecule has 0 radical (unpaired) electrons. The number of fused-ring (bicyclic) bond motifs is 1. The SMILES string of the molecule is O=C1NCCN(Cc2ccnn2Cc2ccccc2)c2ccccc21. The van der Waals surface area contributed by atoms with Crippen LogP contribution in [0.25, 0.3) is 0 Å². The van der Waals surface area contributed by atoms with Gasteiger partial charge < -0.3 is 10.2 Å². The summed E-state index contributed by atoms with van der Waals surface area (Å²) in [4.78, 5) is 14.4. The highest BCUT2D eigenvalue weighted by molar-refractivity contribution is 6.00. The Hall–Kier alpha value is -3.08. The molecule has 126 valence electrons. The van der Waals surface area contributed by atoms with Crippen LogP contribution < -0.4 is 10.2 Å². The Balaban J connectivity index is 1.60. The lowest BCUT2D eigenvalue weighted by Crippen LogP contribution is -2.30. The largest absolute Gasteiger partial charge is 0.363 e. The minimum absolute atomic E-state index is 0.00380. The van der Waals surface area contributed by atoms with Crippen LogP contribution in [0.15, 0.2) is 66.9 Å². The minimum Gasteiger partial charge on any atom is -0.363 e. The van der Waals surface area contributed by atoms with Crippen LogP contribution in [0.4, 0.5) is 5.69 Å². The summed E-state index contributed by atoms with van der Waals surface area (Å²) in [6.45, 7) is 2.88. The van der Waals surface area contributed by atoms with Gasteiger partial charge in [-0.15, -0.1) is 0 Å². The van der Waals surface area contributed by atoms with E-state index in [9.17, 15) is 4.79 Å². The van der Waals surface area contributed by atoms with Gasteiger partial charge in [0.1, 0.15) is 0 Å². The van der Waals surface area contributed by atoms with E-state index < -0.39 is 0 Å². The molecule has 25 heavy (non-hydrogen) atoms. The molecule has 1 amide bonds. The molecule has 5 heteroatoms. The van der Waals surface area contributed by atoms with E-state index in [-0.39, 0.29) is 5.91 Å². The number of aromatic nitrogens is 2. The summed E-state index contributed by atoms with van der Waals surface area (Å²) in [5.41, 5.74) is 4.06. The molecule has 1 aliphatic rings. The Morgan fingerprint density at radius 1 is 0.960 bits per heavy atom. The first kappa shape index (κ1) is 15.4. The van der Waals surface area contributed by atoms with Crippen molar-refractivity contribution in [1.82, 2.24) is 15.1 Å². The molecule has 3 aromatic rings. The summed E-state index contributed by atoms with van der Waals surface area (Å²) < 4.78 is 2.03. The molecule has 2 heterocycles. The lowest BCUT2D eigenvalue weighted by molar-refractivity contribution is 0.0958. The molecule has 0 unspecified atom stereocenters. The number of hydrogen-bond acceptors (Lipinski definition) is 3. The molecule has 1 N–H and O–H groups in total. The Morgan fingerprint density at radius 3 is 2.64 bits per heavy atom. The lowest BCUT2D eigenvalue weighted by Gasteiger charge is -2.24. The van der Waals surface area contributed by atoms with Crippen LogP contribution in [-0.2, 0) is 13.1 Å². The Labute approximate surface area is 146 Å². The van der Waals surface area contributed by atoms with Crippen molar-refractivity contribution < 1.29 is 4.79 Å². The first-order valence-electron chi connectivity index (χ1n) is 8.48. The van der Waals surface area contributed by atoms with Gasteiger partial charge in [-0.1, -0.05) is 42.5 Å². The smallest absolute Gasteiger partial charge is 0.253 e. The number of amides is 1. The van der Waals surface area contributed by atoms with Crippen molar-refractivity contribution in [1.29, 1.82) is 0 Å². The molecule has 0 saturated heterocycles.